The number of anilines is 1. The Morgan fingerprint density at radius 3 is 2.48 bits per heavy atom. The minimum atomic E-state index is -4.41. The summed E-state index contributed by atoms with van der Waals surface area (Å²) < 4.78 is 39.4. The summed E-state index contributed by atoms with van der Waals surface area (Å²) in [6.07, 6.45) is -3.41. The Labute approximate surface area is 170 Å². The van der Waals surface area contributed by atoms with Gasteiger partial charge in [-0.15, -0.1) is 11.8 Å². The lowest BCUT2D eigenvalue weighted by Gasteiger charge is -2.08. The molecular weight excluding hydrogens is 401 g/mol. The molecule has 0 aliphatic rings. The number of thioether (sulfide) groups is 1. The Kier molecular flexibility index (Phi) is 6.26. The third kappa shape index (κ3) is 5.17. The predicted molar refractivity (Wildman–Crippen MR) is 106 cm³/mol. The van der Waals surface area contributed by atoms with E-state index in [4.69, 9.17) is 0 Å². The molecule has 5 nitrogen and oxygen atoms in total. The maximum Gasteiger partial charge on any atom is 0.417 e. The molecule has 0 fully saturated rings. The maximum absolute atomic E-state index is 12.6. The van der Waals surface area contributed by atoms with Crippen molar-refractivity contribution in [1.29, 1.82) is 0 Å². The minimum absolute atomic E-state index is 0.191. The highest BCUT2D eigenvalue weighted by Gasteiger charge is 2.30. The number of hydrogen-bond donors (Lipinski definition) is 1. The summed E-state index contributed by atoms with van der Waals surface area (Å²) in [4.78, 5) is 16.1. The number of aryl methyl sites for hydroxylation is 1. The molecule has 1 amide bonds. The van der Waals surface area contributed by atoms with Crippen molar-refractivity contribution in [1.82, 2.24) is 14.8 Å². The average Bonchev–Trinajstić information content (AvgIpc) is 2.96. The fraction of sp³-hybridized carbons (Fsp3) is 0.250. The summed E-state index contributed by atoms with van der Waals surface area (Å²) in [6, 6.07) is 11.9. The van der Waals surface area contributed by atoms with Crippen molar-refractivity contribution in [3.05, 3.63) is 65.6 Å². The molecule has 1 N–H and O–H groups in total. The van der Waals surface area contributed by atoms with Gasteiger partial charge in [-0.25, -0.2) is 9.67 Å². The van der Waals surface area contributed by atoms with E-state index in [1.54, 1.807) is 4.68 Å². The molecule has 0 saturated carbocycles. The van der Waals surface area contributed by atoms with Gasteiger partial charge in [0.2, 0.25) is 5.91 Å². The van der Waals surface area contributed by atoms with Gasteiger partial charge in [0.05, 0.1) is 33.4 Å². The summed E-state index contributed by atoms with van der Waals surface area (Å²) in [5.41, 5.74) is 2.30. The molecule has 0 radical (unpaired) electrons. The molecule has 152 valence electrons. The lowest BCUT2D eigenvalue weighted by Crippen LogP contribution is -2.13. The normalized spacial score (nSPS) is 11.5. The van der Waals surface area contributed by atoms with Crippen LogP contribution in [0.3, 0.4) is 0 Å². The number of nitrogens with one attached hydrogen (secondary N) is 1. The van der Waals surface area contributed by atoms with Crippen molar-refractivity contribution in [2.45, 2.75) is 31.5 Å². The van der Waals surface area contributed by atoms with Crippen LogP contribution in [-0.2, 0) is 11.0 Å². The molecule has 0 unspecified atom stereocenters. The summed E-state index contributed by atoms with van der Waals surface area (Å²) in [7, 11) is 0. The molecule has 0 bridgehead atoms. The van der Waals surface area contributed by atoms with E-state index in [0.29, 0.717) is 22.2 Å². The van der Waals surface area contributed by atoms with Crippen molar-refractivity contribution >= 4 is 23.4 Å². The van der Waals surface area contributed by atoms with Gasteiger partial charge in [-0.2, -0.15) is 18.3 Å². The van der Waals surface area contributed by atoms with Crippen LogP contribution in [-0.4, -0.2) is 26.4 Å². The van der Waals surface area contributed by atoms with Gasteiger partial charge >= 0.3 is 6.18 Å². The highest BCUT2D eigenvalue weighted by molar-refractivity contribution is 7.99. The molecule has 0 aliphatic carbocycles. The summed E-state index contributed by atoms with van der Waals surface area (Å²) in [5, 5.41) is 7.80. The number of amides is 1. The lowest BCUT2D eigenvalue weighted by atomic mass is 10.3. The summed E-state index contributed by atoms with van der Waals surface area (Å²) >= 11 is 1.23. The first kappa shape index (κ1) is 20.9. The second-order valence-electron chi connectivity index (χ2n) is 6.32. The number of alkyl halides is 3. The van der Waals surface area contributed by atoms with E-state index in [1.165, 1.54) is 17.8 Å². The molecule has 0 aliphatic heterocycles. The van der Waals surface area contributed by atoms with E-state index in [1.807, 2.05) is 44.2 Å². The first-order valence-corrected chi connectivity index (χ1v) is 9.82. The number of carbonyl (C=O) groups is 1. The Balaban J connectivity index is 1.57. The zero-order valence-corrected chi connectivity index (χ0v) is 16.6. The van der Waals surface area contributed by atoms with E-state index in [0.717, 1.165) is 23.6 Å². The van der Waals surface area contributed by atoms with Crippen LogP contribution in [0.25, 0.3) is 5.69 Å². The molecule has 2 heterocycles. The summed E-state index contributed by atoms with van der Waals surface area (Å²) in [6.45, 7) is 3.70. The van der Waals surface area contributed by atoms with Crippen LogP contribution in [0.2, 0.25) is 0 Å². The van der Waals surface area contributed by atoms with Gasteiger partial charge in [-0.1, -0.05) is 18.2 Å². The van der Waals surface area contributed by atoms with E-state index < -0.39 is 11.7 Å². The quantitative estimate of drug-likeness (QED) is 0.569. The van der Waals surface area contributed by atoms with Crippen LogP contribution in [0.1, 0.15) is 23.4 Å². The first-order valence-electron chi connectivity index (χ1n) is 8.83. The molecule has 3 aromatic rings. The van der Waals surface area contributed by atoms with Crippen LogP contribution < -0.4 is 5.32 Å². The van der Waals surface area contributed by atoms with Gasteiger partial charge in [0.25, 0.3) is 0 Å². The number of para-hydroxylation sites is 1. The maximum atomic E-state index is 12.6. The van der Waals surface area contributed by atoms with Crippen molar-refractivity contribution in [3.8, 4) is 5.69 Å². The minimum Gasteiger partial charge on any atom is -0.323 e. The number of rotatable bonds is 6. The number of halogens is 3. The predicted octanol–water partition coefficient (Wildman–Crippen LogP) is 5.02. The van der Waals surface area contributed by atoms with Crippen molar-refractivity contribution in [2.24, 2.45) is 0 Å². The zero-order valence-electron chi connectivity index (χ0n) is 15.8. The molecule has 0 saturated heterocycles. The van der Waals surface area contributed by atoms with Crippen molar-refractivity contribution in [3.63, 3.8) is 0 Å². The topological polar surface area (TPSA) is 59.8 Å². The standard InChI is InChI=1S/C20H19F3N4OS/c1-13-19(14(2)27(26-13)16-6-4-3-5-7-16)25-17(28)10-11-29-18-9-8-15(12-24-18)20(21,22)23/h3-9,12H,10-11H2,1-2H3,(H,25,28). The third-order valence-electron chi connectivity index (χ3n) is 4.20. The monoisotopic (exact) mass is 420 g/mol. The Morgan fingerprint density at radius 1 is 1.14 bits per heavy atom. The highest BCUT2D eigenvalue weighted by Crippen LogP contribution is 2.29. The highest BCUT2D eigenvalue weighted by atomic mass is 32.2. The fourth-order valence-electron chi connectivity index (χ4n) is 2.73. The third-order valence-corrected chi connectivity index (χ3v) is 5.14. The number of hydrogen-bond acceptors (Lipinski definition) is 4. The Morgan fingerprint density at radius 2 is 1.86 bits per heavy atom. The number of carbonyl (C=O) groups excluding carboxylic acids is 1. The van der Waals surface area contributed by atoms with Crippen LogP contribution in [0.5, 0.6) is 0 Å². The molecule has 29 heavy (non-hydrogen) atoms. The second-order valence-corrected chi connectivity index (χ2v) is 7.44. The summed E-state index contributed by atoms with van der Waals surface area (Å²) in [5.74, 6) is 0.206. The van der Waals surface area contributed by atoms with Crippen LogP contribution in [0.15, 0.2) is 53.7 Å². The number of aromatic nitrogens is 3. The zero-order chi connectivity index (χ0) is 21.0. The van der Waals surface area contributed by atoms with Crippen molar-refractivity contribution in [2.75, 3.05) is 11.1 Å². The molecular formula is C20H19F3N4OS. The van der Waals surface area contributed by atoms with E-state index in [9.17, 15) is 18.0 Å². The smallest absolute Gasteiger partial charge is 0.323 e. The average molecular weight is 420 g/mol. The number of pyridine rings is 1. The van der Waals surface area contributed by atoms with Gasteiger partial charge in [0.1, 0.15) is 0 Å². The number of nitrogens with zero attached hydrogens (tertiary/aromatic N) is 3. The largest absolute Gasteiger partial charge is 0.417 e. The Hall–Kier alpha value is -2.81. The molecule has 0 spiro atoms. The van der Waals surface area contributed by atoms with Gasteiger partial charge in [-0.05, 0) is 38.1 Å². The molecule has 9 heteroatoms. The fourth-order valence-corrected chi connectivity index (χ4v) is 3.52. The van der Waals surface area contributed by atoms with Gasteiger partial charge in [0.15, 0.2) is 0 Å². The van der Waals surface area contributed by atoms with E-state index in [-0.39, 0.29) is 12.3 Å². The second kappa shape index (κ2) is 8.69. The van der Waals surface area contributed by atoms with Gasteiger partial charge in [-0.3, -0.25) is 4.79 Å². The number of benzene rings is 1. The van der Waals surface area contributed by atoms with Crippen LogP contribution in [0, 0.1) is 13.8 Å². The van der Waals surface area contributed by atoms with Gasteiger partial charge < -0.3 is 5.32 Å². The molecule has 3 rings (SSSR count). The van der Waals surface area contributed by atoms with Crippen LogP contribution in [0.4, 0.5) is 18.9 Å². The molecule has 0 atom stereocenters. The van der Waals surface area contributed by atoms with Gasteiger partial charge in [0, 0.05) is 18.4 Å². The van der Waals surface area contributed by atoms with Crippen molar-refractivity contribution < 1.29 is 18.0 Å². The van der Waals surface area contributed by atoms with E-state index >= 15 is 0 Å². The lowest BCUT2D eigenvalue weighted by molar-refractivity contribution is -0.137. The SMILES string of the molecule is Cc1nn(-c2ccccc2)c(C)c1NC(=O)CCSc1ccc(C(F)(F)F)cn1. The van der Waals surface area contributed by atoms with Crippen LogP contribution >= 0.6 is 11.8 Å². The van der Waals surface area contributed by atoms with E-state index in [2.05, 4.69) is 15.4 Å². The molecule has 1 aromatic carbocycles. The first-order chi connectivity index (χ1) is 13.8. The Bertz CT molecular complexity index is 985. The molecule has 2 aromatic heterocycles.